The van der Waals surface area contributed by atoms with Gasteiger partial charge in [0.2, 0.25) is 17.6 Å². The van der Waals surface area contributed by atoms with E-state index in [1.165, 1.54) is 44.1 Å². The molecule has 1 aromatic carbocycles. The molecule has 4 saturated carbocycles. The lowest BCUT2D eigenvalue weighted by Gasteiger charge is -2.56. The van der Waals surface area contributed by atoms with Gasteiger partial charge < -0.3 is 9.84 Å². The summed E-state index contributed by atoms with van der Waals surface area (Å²) in [6.45, 7) is 2.13. The second-order valence-corrected chi connectivity index (χ2v) is 9.31. The van der Waals surface area contributed by atoms with Crippen LogP contribution in [-0.4, -0.2) is 21.6 Å². The van der Waals surface area contributed by atoms with Gasteiger partial charge in [-0.3, -0.25) is 4.79 Å². The lowest BCUT2D eigenvalue weighted by Crippen LogP contribution is -2.59. The first kappa shape index (κ1) is 17.9. The Labute approximate surface area is 166 Å². The molecule has 0 spiro atoms. The first-order chi connectivity index (χ1) is 13.6. The topological polar surface area (TPSA) is 68.0 Å². The molecular weight excluding hydrogens is 350 g/mol. The molecule has 4 aliphatic carbocycles. The van der Waals surface area contributed by atoms with E-state index in [1.54, 1.807) is 0 Å². The van der Waals surface area contributed by atoms with Gasteiger partial charge in [-0.05, 0) is 68.3 Å². The Bertz CT molecular complexity index is 820. The van der Waals surface area contributed by atoms with Crippen molar-refractivity contribution in [3.8, 4) is 11.4 Å². The summed E-state index contributed by atoms with van der Waals surface area (Å²) in [4.78, 5) is 17.1. The number of aryl methyl sites for hydroxylation is 2. The Morgan fingerprint density at radius 1 is 1.11 bits per heavy atom. The zero-order valence-corrected chi connectivity index (χ0v) is 16.6. The predicted octanol–water partition coefficient (Wildman–Crippen LogP) is 4.32. The highest BCUT2D eigenvalue weighted by Crippen LogP contribution is 2.55. The molecule has 0 aliphatic heterocycles. The first-order valence-electron chi connectivity index (χ1n) is 10.8. The number of amides is 1. The smallest absolute Gasteiger partial charge is 0.227 e. The average Bonchev–Trinajstić information content (AvgIpc) is 3.14. The molecule has 0 radical (unpaired) electrons. The van der Waals surface area contributed by atoms with E-state index >= 15 is 0 Å². The summed E-state index contributed by atoms with van der Waals surface area (Å²) >= 11 is 0. The summed E-state index contributed by atoms with van der Waals surface area (Å²) in [5.74, 6) is 3.78. The van der Waals surface area contributed by atoms with Crippen molar-refractivity contribution < 1.29 is 9.32 Å². The molecular formula is C23H29N3O2. The molecule has 1 amide bonds. The largest absolute Gasteiger partial charge is 0.351 e. The number of hydrogen-bond acceptors (Lipinski definition) is 4. The van der Waals surface area contributed by atoms with Crippen LogP contribution in [-0.2, 0) is 17.6 Å². The Balaban J connectivity index is 1.18. The molecule has 1 heterocycles. The van der Waals surface area contributed by atoms with Gasteiger partial charge in [-0.15, -0.1) is 0 Å². The zero-order chi connectivity index (χ0) is 19.1. The maximum atomic E-state index is 12.6. The van der Waals surface area contributed by atoms with Gasteiger partial charge in [0.25, 0.3) is 0 Å². The molecule has 1 aromatic heterocycles. The molecule has 0 unspecified atom stereocenters. The summed E-state index contributed by atoms with van der Waals surface area (Å²) in [5, 5.41) is 7.50. The molecule has 1 N–H and O–H groups in total. The van der Waals surface area contributed by atoms with E-state index in [9.17, 15) is 4.79 Å². The third-order valence-electron chi connectivity index (χ3n) is 7.10. The maximum Gasteiger partial charge on any atom is 0.227 e. The van der Waals surface area contributed by atoms with Gasteiger partial charge in [0.15, 0.2) is 0 Å². The van der Waals surface area contributed by atoms with Crippen molar-refractivity contribution in [2.45, 2.75) is 70.3 Å². The quantitative estimate of drug-likeness (QED) is 0.812. The third kappa shape index (κ3) is 3.47. The Morgan fingerprint density at radius 2 is 1.75 bits per heavy atom. The molecule has 4 fully saturated rings. The van der Waals surface area contributed by atoms with Gasteiger partial charge in [-0.25, -0.2) is 0 Å². The fourth-order valence-corrected chi connectivity index (χ4v) is 6.21. The molecule has 5 heteroatoms. The number of nitrogens with zero attached hydrogens (tertiary/aromatic N) is 2. The Morgan fingerprint density at radius 3 is 2.36 bits per heavy atom. The molecule has 2 aromatic rings. The summed E-state index contributed by atoms with van der Waals surface area (Å²) in [6.07, 6.45) is 9.64. The van der Waals surface area contributed by atoms with E-state index in [-0.39, 0.29) is 11.4 Å². The van der Waals surface area contributed by atoms with Gasteiger partial charge in [0.05, 0.1) is 0 Å². The van der Waals surface area contributed by atoms with Crippen LogP contribution in [0.25, 0.3) is 11.4 Å². The van der Waals surface area contributed by atoms with Gasteiger partial charge in [-0.2, -0.15) is 4.98 Å². The molecule has 4 aliphatic rings. The zero-order valence-electron chi connectivity index (χ0n) is 16.6. The number of carbonyl (C=O) groups is 1. The second-order valence-electron chi connectivity index (χ2n) is 9.31. The highest BCUT2D eigenvalue weighted by molar-refractivity contribution is 5.77. The van der Waals surface area contributed by atoms with Gasteiger partial charge in [-0.1, -0.05) is 36.3 Å². The Kier molecular flexibility index (Phi) is 4.48. The van der Waals surface area contributed by atoms with Gasteiger partial charge >= 0.3 is 0 Å². The standard InChI is InChI=1S/C23H29N3O2/c1-2-15-3-5-19(6-4-15)22-24-21(28-26-22)8-7-20(27)25-23-12-16-9-17(13-23)11-18(10-16)14-23/h3-6,16-18H,2,7-14H2,1H3,(H,25,27). The summed E-state index contributed by atoms with van der Waals surface area (Å²) in [6, 6.07) is 8.22. The number of rotatable bonds is 6. The van der Waals surface area contributed by atoms with E-state index in [2.05, 4.69) is 34.5 Å². The van der Waals surface area contributed by atoms with Crippen molar-refractivity contribution in [3.05, 3.63) is 35.7 Å². The van der Waals surface area contributed by atoms with Gasteiger partial charge in [0.1, 0.15) is 0 Å². The monoisotopic (exact) mass is 379 g/mol. The SMILES string of the molecule is CCc1ccc(-c2noc(CCC(=O)NC34CC5CC(CC(C5)C3)C4)n2)cc1. The van der Waals surface area contributed by atoms with Gasteiger partial charge in [0, 0.05) is 23.9 Å². The minimum absolute atomic E-state index is 0.0762. The summed E-state index contributed by atoms with van der Waals surface area (Å²) in [7, 11) is 0. The van der Waals surface area contributed by atoms with Crippen molar-refractivity contribution in [2.24, 2.45) is 17.8 Å². The normalized spacial score (nSPS) is 30.5. The van der Waals surface area contributed by atoms with Crippen molar-refractivity contribution in [2.75, 3.05) is 0 Å². The van der Waals surface area contributed by atoms with Crippen LogP contribution in [0.3, 0.4) is 0 Å². The van der Waals surface area contributed by atoms with E-state index in [0.717, 1.165) is 29.7 Å². The van der Waals surface area contributed by atoms with Crippen LogP contribution in [0.15, 0.2) is 28.8 Å². The number of hydrogen-bond donors (Lipinski definition) is 1. The second kappa shape index (κ2) is 7.02. The fourth-order valence-electron chi connectivity index (χ4n) is 6.21. The number of aromatic nitrogens is 2. The molecule has 0 saturated heterocycles. The van der Waals surface area contributed by atoms with E-state index < -0.39 is 0 Å². The first-order valence-corrected chi connectivity index (χ1v) is 10.8. The lowest BCUT2D eigenvalue weighted by molar-refractivity contribution is -0.126. The number of benzene rings is 1. The van der Waals surface area contributed by atoms with E-state index in [1.807, 2.05) is 12.1 Å². The minimum atomic E-state index is 0.0762. The van der Waals surface area contributed by atoms with Crippen LogP contribution in [0.5, 0.6) is 0 Å². The van der Waals surface area contributed by atoms with Crippen molar-refractivity contribution in [3.63, 3.8) is 0 Å². The lowest BCUT2D eigenvalue weighted by atomic mass is 9.53. The van der Waals surface area contributed by atoms with Crippen LogP contribution < -0.4 is 5.32 Å². The summed E-state index contributed by atoms with van der Waals surface area (Å²) in [5.41, 5.74) is 2.31. The molecule has 28 heavy (non-hydrogen) atoms. The number of carbonyl (C=O) groups excluding carboxylic acids is 1. The fraction of sp³-hybridized carbons (Fsp3) is 0.609. The van der Waals surface area contributed by atoms with Crippen LogP contribution in [0, 0.1) is 17.8 Å². The van der Waals surface area contributed by atoms with Crippen molar-refractivity contribution >= 4 is 5.91 Å². The highest BCUT2D eigenvalue weighted by Gasteiger charge is 2.51. The summed E-state index contributed by atoms with van der Waals surface area (Å²) < 4.78 is 5.38. The molecule has 5 nitrogen and oxygen atoms in total. The molecule has 6 rings (SSSR count). The van der Waals surface area contributed by atoms with E-state index in [0.29, 0.717) is 24.6 Å². The van der Waals surface area contributed by atoms with Crippen LogP contribution in [0.4, 0.5) is 0 Å². The maximum absolute atomic E-state index is 12.6. The minimum Gasteiger partial charge on any atom is -0.351 e. The molecule has 148 valence electrons. The van der Waals surface area contributed by atoms with Crippen molar-refractivity contribution in [1.82, 2.24) is 15.5 Å². The molecule has 0 atom stereocenters. The van der Waals surface area contributed by atoms with Crippen LogP contribution in [0.1, 0.15) is 63.3 Å². The molecule has 4 bridgehead atoms. The average molecular weight is 380 g/mol. The number of nitrogens with one attached hydrogen (secondary N) is 1. The van der Waals surface area contributed by atoms with Crippen LogP contribution in [0.2, 0.25) is 0 Å². The highest BCUT2D eigenvalue weighted by atomic mass is 16.5. The third-order valence-corrected chi connectivity index (χ3v) is 7.10. The van der Waals surface area contributed by atoms with Crippen molar-refractivity contribution in [1.29, 1.82) is 0 Å². The Hall–Kier alpha value is -2.17. The van der Waals surface area contributed by atoms with E-state index in [4.69, 9.17) is 4.52 Å². The predicted molar refractivity (Wildman–Crippen MR) is 106 cm³/mol. The van der Waals surface area contributed by atoms with Crippen LogP contribution >= 0.6 is 0 Å².